The quantitative estimate of drug-likeness (QED) is 0.289. The maximum Gasteiger partial charge on any atom is 0.265 e. The highest BCUT2D eigenvalue weighted by Crippen LogP contribution is 2.27. The minimum absolute atomic E-state index is 0.0429. The highest BCUT2D eigenvalue weighted by atomic mass is 16.2. The molecule has 12 heteroatoms. The number of aryl methyl sites for hydroxylation is 1. The number of nitrogens with one attached hydrogen (secondary N) is 2. The smallest absolute Gasteiger partial charge is 0.265 e. The first-order valence-electron chi connectivity index (χ1n) is 12.8. The van der Waals surface area contributed by atoms with E-state index < -0.39 is 11.9 Å². The Balaban J connectivity index is 1.45. The van der Waals surface area contributed by atoms with Crippen LogP contribution >= 0.6 is 0 Å². The van der Waals surface area contributed by atoms with Crippen LogP contribution < -0.4 is 21.9 Å². The number of nitrogens with zero attached hydrogens (tertiary/aromatic N) is 6. The van der Waals surface area contributed by atoms with Crippen molar-refractivity contribution in [3.8, 4) is 5.69 Å². The molecule has 0 saturated carbocycles. The molecule has 0 radical (unpaired) electrons. The number of amides is 2. The van der Waals surface area contributed by atoms with Crippen LogP contribution in [0.5, 0.6) is 0 Å². The molecule has 0 aliphatic carbocycles. The maximum absolute atomic E-state index is 14.2. The second-order valence-electron chi connectivity index (χ2n) is 9.52. The van der Waals surface area contributed by atoms with E-state index >= 15 is 0 Å². The first-order chi connectivity index (χ1) is 19.8. The Morgan fingerprint density at radius 3 is 2.59 bits per heavy atom. The van der Waals surface area contributed by atoms with Gasteiger partial charge in [-0.15, -0.1) is 5.10 Å². The summed E-state index contributed by atoms with van der Waals surface area (Å²) in [6, 6.07) is 17.2. The van der Waals surface area contributed by atoms with E-state index in [-0.39, 0.29) is 22.8 Å². The normalized spacial score (nSPS) is 12.0. The molecule has 204 valence electrons. The Kier molecular flexibility index (Phi) is 6.27. The Morgan fingerprint density at radius 2 is 1.83 bits per heavy atom. The lowest BCUT2D eigenvalue weighted by Crippen LogP contribution is -2.32. The Bertz CT molecular complexity index is 2010. The number of aromatic nitrogens is 6. The molecule has 6 aromatic rings. The van der Waals surface area contributed by atoms with Gasteiger partial charge in [0.2, 0.25) is 0 Å². The molecule has 4 aromatic heterocycles. The van der Waals surface area contributed by atoms with Gasteiger partial charge in [-0.3, -0.25) is 23.6 Å². The first kappa shape index (κ1) is 25.5. The number of carbonyl (C=O) groups excluding carboxylic acids is 2. The number of pyridine rings is 1. The zero-order chi connectivity index (χ0) is 28.7. The Morgan fingerprint density at radius 1 is 1.02 bits per heavy atom. The van der Waals surface area contributed by atoms with E-state index in [0.717, 1.165) is 0 Å². The van der Waals surface area contributed by atoms with Crippen molar-refractivity contribution >= 4 is 39.7 Å². The maximum atomic E-state index is 14.2. The molecule has 1 atom stereocenters. The molecule has 4 N–H and O–H groups in total. The molecule has 0 aliphatic heterocycles. The van der Waals surface area contributed by atoms with E-state index in [9.17, 15) is 14.4 Å². The minimum Gasteiger partial charge on any atom is -0.381 e. The summed E-state index contributed by atoms with van der Waals surface area (Å²) in [5, 5.41) is 14.9. The van der Waals surface area contributed by atoms with Crippen LogP contribution in [0, 0.1) is 0 Å². The van der Waals surface area contributed by atoms with Crippen LogP contribution in [0.4, 0.5) is 11.5 Å². The molecule has 0 spiro atoms. The van der Waals surface area contributed by atoms with E-state index in [1.54, 1.807) is 69.0 Å². The zero-order valence-electron chi connectivity index (χ0n) is 22.1. The van der Waals surface area contributed by atoms with Crippen LogP contribution in [0.15, 0.2) is 90.2 Å². The van der Waals surface area contributed by atoms with Crippen LogP contribution in [-0.4, -0.2) is 40.8 Å². The number of para-hydroxylation sites is 1. The van der Waals surface area contributed by atoms with Gasteiger partial charge < -0.3 is 16.4 Å². The largest absolute Gasteiger partial charge is 0.381 e. The van der Waals surface area contributed by atoms with E-state index in [4.69, 9.17) is 5.73 Å². The fourth-order valence-electron chi connectivity index (χ4n) is 4.85. The van der Waals surface area contributed by atoms with Gasteiger partial charge in [-0.1, -0.05) is 30.3 Å². The summed E-state index contributed by atoms with van der Waals surface area (Å²) in [6.45, 7) is 1.78. The van der Waals surface area contributed by atoms with Crippen LogP contribution in [0.2, 0.25) is 0 Å². The summed E-state index contributed by atoms with van der Waals surface area (Å²) in [7, 11) is 1.72. The van der Waals surface area contributed by atoms with Crippen LogP contribution in [0.1, 0.15) is 39.4 Å². The lowest BCUT2D eigenvalue weighted by molar-refractivity contribution is 0.0940. The molecule has 0 bridgehead atoms. The van der Waals surface area contributed by atoms with Gasteiger partial charge in [0.15, 0.2) is 11.5 Å². The number of fused-ring (bicyclic) bond motifs is 2. The van der Waals surface area contributed by atoms with E-state index in [1.807, 2.05) is 24.3 Å². The number of nitrogens with two attached hydrogens (primary N) is 1. The zero-order valence-corrected chi connectivity index (χ0v) is 22.1. The van der Waals surface area contributed by atoms with Crippen molar-refractivity contribution in [3.05, 3.63) is 113 Å². The van der Waals surface area contributed by atoms with Gasteiger partial charge in [0.1, 0.15) is 5.56 Å². The molecular weight excluding hydrogens is 522 g/mol. The van der Waals surface area contributed by atoms with Gasteiger partial charge in [0, 0.05) is 37.0 Å². The summed E-state index contributed by atoms with van der Waals surface area (Å²) < 4.78 is 4.50. The third-order valence-electron chi connectivity index (χ3n) is 6.75. The first-order valence-corrected chi connectivity index (χ1v) is 12.8. The fraction of sp³-hybridized carbons (Fsp3) is 0.103. The summed E-state index contributed by atoms with van der Waals surface area (Å²) >= 11 is 0. The third kappa shape index (κ3) is 4.56. The van der Waals surface area contributed by atoms with Crippen molar-refractivity contribution in [2.45, 2.75) is 13.0 Å². The molecule has 12 nitrogen and oxygen atoms in total. The SMILES string of the molecule is CC(NC(=O)c1c(N)nn2cccnc12)c1cc2cccc(NC(=O)c3cnn(C)c3)c2c(=O)n1-c1ccccc1. The van der Waals surface area contributed by atoms with Gasteiger partial charge in [0.25, 0.3) is 17.4 Å². The molecule has 2 amide bonds. The molecule has 0 saturated heterocycles. The van der Waals surface area contributed by atoms with Gasteiger partial charge in [-0.25, -0.2) is 9.50 Å². The Hall–Kier alpha value is -5.78. The number of carbonyl (C=O) groups is 2. The van der Waals surface area contributed by atoms with Crippen molar-refractivity contribution in [2.24, 2.45) is 7.05 Å². The molecule has 4 heterocycles. The van der Waals surface area contributed by atoms with Gasteiger partial charge in [0.05, 0.1) is 28.9 Å². The van der Waals surface area contributed by atoms with E-state index in [1.165, 1.54) is 20.0 Å². The topological polar surface area (TPSA) is 154 Å². The molecule has 0 aliphatic rings. The number of hydrogen-bond acceptors (Lipinski definition) is 7. The number of hydrogen-bond donors (Lipinski definition) is 3. The van der Waals surface area contributed by atoms with Crippen molar-refractivity contribution < 1.29 is 9.59 Å². The predicted molar refractivity (Wildman–Crippen MR) is 154 cm³/mol. The summed E-state index contributed by atoms with van der Waals surface area (Å²) in [5.74, 6) is -0.824. The number of benzene rings is 2. The highest BCUT2D eigenvalue weighted by Gasteiger charge is 2.24. The minimum atomic E-state index is -0.633. The second kappa shape index (κ2) is 10.1. The summed E-state index contributed by atoms with van der Waals surface area (Å²) in [4.78, 5) is 44.8. The number of nitrogen functional groups attached to an aromatic ring is 1. The lowest BCUT2D eigenvalue weighted by atomic mass is 10.1. The summed E-state index contributed by atoms with van der Waals surface area (Å²) in [6.07, 6.45) is 6.26. The van der Waals surface area contributed by atoms with Gasteiger partial charge in [-0.05, 0) is 42.6 Å². The lowest BCUT2D eigenvalue weighted by Gasteiger charge is -2.21. The molecule has 0 fully saturated rings. The predicted octanol–water partition coefficient (Wildman–Crippen LogP) is 3.09. The second-order valence-corrected chi connectivity index (χ2v) is 9.52. The average Bonchev–Trinajstić information content (AvgIpc) is 3.55. The van der Waals surface area contributed by atoms with Crippen LogP contribution in [-0.2, 0) is 7.05 Å². The van der Waals surface area contributed by atoms with Gasteiger partial charge in [-0.2, -0.15) is 5.10 Å². The van der Waals surface area contributed by atoms with E-state index in [0.29, 0.717) is 39.1 Å². The third-order valence-corrected chi connectivity index (χ3v) is 6.75. The van der Waals surface area contributed by atoms with Crippen molar-refractivity contribution in [3.63, 3.8) is 0 Å². The highest BCUT2D eigenvalue weighted by molar-refractivity contribution is 6.09. The number of anilines is 2. The Labute approximate surface area is 233 Å². The molecule has 1 unspecified atom stereocenters. The molecular formula is C29H25N9O3. The summed E-state index contributed by atoms with van der Waals surface area (Å²) in [5.41, 5.74) is 8.02. The van der Waals surface area contributed by atoms with Crippen LogP contribution in [0.25, 0.3) is 22.1 Å². The standard InChI is InChI=1S/C29H25N9O3/c1-17(33-28(40)24-25(30)35-37-13-7-12-31-26(24)37)22-14-18-8-6-11-21(34-27(39)19-15-32-36(2)16-19)23(18)29(41)38(22)20-9-4-3-5-10-20/h3-17H,1-2H3,(H2,30,35)(H,33,40)(H,34,39). The number of rotatable bonds is 6. The van der Waals surface area contributed by atoms with Crippen LogP contribution in [0.3, 0.4) is 0 Å². The average molecular weight is 548 g/mol. The molecule has 2 aromatic carbocycles. The van der Waals surface area contributed by atoms with Crippen molar-refractivity contribution in [1.82, 2.24) is 34.3 Å². The van der Waals surface area contributed by atoms with E-state index in [2.05, 4.69) is 25.8 Å². The monoisotopic (exact) mass is 547 g/mol. The van der Waals surface area contributed by atoms with Gasteiger partial charge >= 0.3 is 0 Å². The molecule has 41 heavy (non-hydrogen) atoms. The van der Waals surface area contributed by atoms with Crippen molar-refractivity contribution in [1.29, 1.82) is 0 Å². The van der Waals surface area contributed by atoms with Crippen molar-refractivity contribution in [2.75, 3.05) is 11.1 Å². The fourth-order valence-corrected chi connectivity index (χ4v) is 4.85. The molecule has 6 rings (SSSR count).